The Morgan fingerprint density at radius 3 is 2.26 bits per heavy atom. The molecule has 5 aliphatic rings. The molecule has 0 radical (unpaired) electrons. The van der Waals surface area contributed by atoms with Gasteiger partial charge in [0.25, 0.3) is 0 Å². The Morgan fingerprint density at radius 1 is 0.912 bits per heavy atom. The molecule has 1 N–H and O–H groups in total. The van der Waals surface area contributed by atoms with Crippen LogP contribution < -0.4 is 0 Å². The summed E-state index contributed by atoms with van der Waals surface area (Å²) < 4.78 is 6.02. The van der Waals surface area contributed by atoms with Crippen LogP contribution in [0.2, 0.25) is 0 Å². The lowest BCUT2D eigenvalue weighted by Crippen LogP contribution is -2.55. The Morgan fingerprint density at radius 2 is 1.62 bits per heavy atom. The summed E-state index contributed by atoms with van der Waals surface area (Å²) in [5.74, 6) is 2.11. The molecule has 4 aliphatic carbocycles. The van der Waals surface area contributed by atoms with Gasteiger partial charge in [0.15, 0.2) is 0 Å². The average Bonchev–Trinajstić information content (AvgIpc) is 3.28. The third-order valence-corrected chi connectivity index (χ3v) is 12.9. The molecule has 9 atom stereocenters. The number of aliphatic hydroxyl groups is 1. The van der Waals surface area contributed by atoms with E-state index < -0.39 is 0 Å². The van der Waals surface area contributed by atoms with E-state index in [-0.39, 0.29) is 45.8 Å². The quantitative estimate of drug-likeness (QED) is 0.347. The van der Waals surface area contributed by atoms with Crippen molar-refractivity contribution in [2.24, 2.45) is 51.2 Å². The molecule has 0 amide bonds. The molecule has 0 aromatic rings. The Balaban J connectivity index is 1.45. The zero-order valence-corrected chi connectivity index (χ0v) is 23.2. The summed E-state index contributed by atoms with van der Waals surface area (Å²) in [4.78, 5) is 12.6. The van der Waals surface area contributed by atoms with Gasteiger partial charge in [-0.1, -0.05) is 66.5 Å². The van der Waals surface area contributed by atoms with Crippen LogP contribution >= 0.6 is 0 Å². The maximum atomic E-state index is 12.6. The van der Waals surface area contributed by atoms with Crippen molar-refractivity contribution in [2.45, 2.75) is 125 Å². The van der Waals surface area contributed by atoms with Gasteiger partial charge in [-0.15, -0.1) is 0 Å². The fraction of sp³-hybridized carbons (Fsp3) is 0.903. The number of ether oxygens (including phenoxy) is 1. The minimum Gasteiger partial charge on any atom is -0.462 e. The minimum absolute atomic E-state index is 0.000778. The Hall–Kier alpha value is -0.830. The molecular formula is C31H50O3. The number of allylic oxidation sites excluding steroid dienone is 2. The molecule has 3 nitrogen and oxygen atoms in total. The van der Waals surface area contributed by atoms with Crippen molar-refractivity contribution < 1.29 is 14.6 Å². The van der Waals surface area contributed by atoms with Crippen molar-refractivity contribution >= 4 is 5.97 Å². The van der Waals surface area contributed by atoms with Gasteiger partial charge in [-0.2, -0.15) is 0 Å². The number of rotatable bonds is 3. The summed E-state index contributed by atoms with van der Waals surface area (Å²) in [6, 6.07) is 0. The van der Waals surface area contributed by atoms with Crippen molar-refractivity contribution in [3.63, 3.8) is 0 Å². The van der Waals surface area contributed by atoms with Crippen molar-refractivity contribution in [2.75, 3.05) is 0 Å². The molecule has 3 fully saturated rings. The summed E-state index contributed by atoms with van der Waals surface area (Å²) in [5, 5.41) is 10.8. The highest BCUT2D eigenvalue weighted by Gasteiger charge is 2.64. The molecule has 9 unspecified atom stereocenters. The van der Waals surface area contributed by atoms with Crippen LogP contribution in [0.4, 0.5) is 0 Å². The summed E-state index contributed by atoms with van der Waals surface area (Å²) in [5.41, 5.74) is 4.36. The molecule has 2 saturated carbocycles. The third-order valence-electron chi connectivity index (χ3n) is 12.9. The third kappa shape index (κ3) is 3.13. The van der Waals surface area contributed by atoms with Crippen LogP contribution in [0.15, 0.2) is 11.1 Å². The second-order valence-electron chi connectivity index (χ2n) is 14.7. The molecular weight excluding hydrogens is 420 g/mol. The first kappa shape index (κ1) is 24.8. The SMILES string of the molecule is CC(C)C1CC(C(C)C2CCC3(C)C4=C(CCC23C)C2(C)CCC(O)C(C)(C)C2CC4)OC1=O. The van der Waals surface area contributed by atoms with Gasteiger partial charge >= 0.3 is 5.97 Å². The fourth-order valence-corrected chi connectivity index (χ4v) is 10.3. The number of cyclic esters (lactones) is 1. The average molecular weight is 471 g/mol. The highest BCUT2D eigenvalue weighted by molar-refractivity contribution is 5.75. The molecule has 0 aromatic heterocycles. The molecule has 5 rings (SSSR count). The van der Waals surface area contributed by atoms with Crippen LogP contribution in [0.5, 0.6) is 0 Å². The smallest absolute Gasteiger partial charge is 0.309 e. The van der Waals surface area contributed by atoms with E-state index >= 15 is 0 Å². The van der Waals surface area contributed by atoms with E-state index in [1.807, 2.05) is 0 Å². The number of esters is 1. The molecule has 34 heavy (non-hydrogen) atoms. The van der Waals surface area contributed by atoms with Gasteiger partial charge in [0.1, 0.15) is 6.10 Å². The van der Waals surface area contributed by atoms with Crippen molar-refractivity contribution in [1.82, 2.24) is 0 Å². The standard InChI is InChI=1S/C31H50O3/c1-18(2)20-17-24(34-27(20)33)19(3)21-11-15-31(8)23-9-10-25-28(4,5)26(32)13-14-29(25,6)22(23)12-16-30(21,31)7/h18-21,24-26,32H,9-17H2,1-8H3. The van der Waals surface area contributed by atoms with Crippen LogP contribution in [0.25, 0.3) is 0 Å². The van der Waals surface area contributed by atoms with E-state index in [2.05, 4.69) is 55.4 Å². The van der Waals surface area contributed by atoms with E-state index in [4.69, 9.17) is 4.74 Å². The van der Waals surface area contributed by atoms with Gasteiger partial charge in [0.2, 0.25) is 0 Å². The monoisotopic (exact) mass is 470 g/mol. The van der Waals surface area contributed by atoms with Crippen LogP contribution in [0.1, 0.15) is 113 Å². The summed E-state index contributed by atoms with van der Waals surface area (Å²) in [6.45, 7) is 19.1. The zero-order valence-electron chi connectivity index (χ0n) is 23.2. The van der Waals surface area contributed by atoms with Crippen LogP contribution in [-0.2, 0) is 9.53 Å². The first-order valence-corrected chi connectivity index (χ1v) is 14.4. The molecule has 1 heterocycles. The summed E-state index contributed by atoms with van der Waals surface area (Å²) in [7, 11) is 0. The molecule has 1 aliphatic heterocycles. The minimum atomic E-state index is -0.169. The second-order valence-corrected chi connectivity index (χ2v) is 14.7. The van der Waals surface area contributed by atoms with E-state index in [0.717, 1.165) is 19.3 Å². The maximum Gasteiger partial charge on any atom is 0.309 e. The largest absolute Gasteiger partial charge is 0.462 e. The first-order valence-electron chi connectivity index (χ1n) is 14.4. The molecule has 192 valence electrons. The summed E-state index contributed by atoms with van der Waals surface area (Å²) >= 11 is 0. The first-order chi connectivity index (χ1) is 15.8. The van der Waals surface area contributed by atoms with E-state index in [1.165, 1.54) is 38.5 Å². The number of hydrogen-bond donors (Lipinski definition) is 1. The van der Waals surface area contributed by atoms with E-state index in [1.54, 1.807) is 11.1 Å². The normalized spacial score (nSPS) is 48.9. The molecule has 0 spiro atoms. The highest BCUT2D eigenvalue weighted by Crippen LogP contribution is 2.72. The van der Waals surface area contributed by atoms with Crippen LogP contribution in [0.3, 0.4) is 0 Å². The van der Waals surface area contributed by atoms with Gasteiger partial charge in [-0.05, 0) is 103 Å². The number of carbonyl (C=O) groups is 1. The molecule has 3 heteroatoms. The summed E-state index contributed by atoms with van der Waals surface area (Å²) in [6.07, 6.45) is 10.4. The van der Waals surface area contributed by atoms with Gasteiger partial charge in [-0.3, -0.25) is 4.79 Å². The Kier molecular flexibility index (Phi) is 5.72. The number of carbonyl (C=O) groups excluding carboxylic acids is 1. The fourth-order valence-electron chi connectivity index (χ4n) is 10.3. The number of hydrogen-bond acceptors (Lipinski definition) is 3. The van der Waals surface area contributed by atoms with Crippen LogP contribution in [-0.4, -0.2) is 23.3 Å². The Labute approximate surface area is 208 Å². The van der Waals surface area contributed by atoms with Crippen LogP contribution in [0, 0.1) is 51.2 Å². The molecule has 0 aromatic carbocycles. The van der Waals surface area contributed by atoms with Crippen molar-refractivity contribution in [3.05, 3.63) is 11.1 Å². The number of aliphatic hydroxyl groups excluding tert-OH is 1. The topological polar surface area (TPSA) is 46.5 Å². The molecule has 0 bridgehead atoms. The second kappa shape index (κ2) is 7.83. The maximum absolute atomic E-state index is 12.6. The lowest BCUT2D eigenvalue weighted by atomic mass is 9.43. The van der Waals surface area contributed by atoms with E-state index in [9.17, 15) is 9.90 Å². The van der Waals surface area contributed by atoms with Gasteiger partial charge in [-0.25, -0.2) is 0 Å². The highest BCUT2D eigenvalue weighted by atomic mass is 16.6. The van der Waals surface area contributed by atoms with Gasteiger partial charge < -0.3 is 9.84 Å². The van der Waals surface area contributed by atoms with Crippen molar-refractivity contribution in [3.8, 4) is 0 Å². The Bertz CT molecular complexity index is 885. The number of fused-ring (bicyclic) bond motifs is 4. The van der Waals surface area contributed by atoms with E-state index in [0.29, 0.717) is 23.7 Å². The predicted octanol–water partition coefficient (Wildman–Crippen LogP) is 7.32. The van der Waals surface area contributed by atoms with Gasteiger partial charge in [0, 0.05) is 0 Å². The van der Waals surface area contributed by atoms with Crippen molar-refractivity contribution in [1.29, 1.82) is 0 Å². The predicted molar refractivity (Wildman–Crippen MR) is 137 cm³/mol. The van der Waals surface area contributed by atoms with Gasteiger partial charge in [0.05, 0.1) is 12.0 Å². The molecule has 1 saturated heterocycles. The lowest BCUT2D eigenvalue weighted by molar-refractivity contribution is -0.148. The lowest BCUT2D eigenvalue weighted by Gasteiger charge is -2.62. The zero-order chi connectivity index (χ0) is 24.8.